The highest BCUT2D eigenvalue weighted by Crippen LogP contribution is 2.27. The topological polar surface area (TPSA) is 12.0 Å². The summed E-state index contributed by atoms with van der Waals surface area (Å²) in [5, 5.41) is 4.84. The minimum atomic E-state index is 0.218. The Morgan fingerprint density at radius 3 is 2.25 bits per heavy atom. The van der Waals surface area contributed by atoms with Crippen molar-refractivity contribution in [2.75, 3.05) is 0 Å². The molecule has 2 aromatic carbocycles. The van der Waals surface area contributed by atoms with Gasteiger partial charge in [-0.25, -0.2) is 0 Å². The van der Waals surface area contributed by atoms with Gasteiger partial charge >= 0.3 is 0 Å². The number of rotatable bonds is 5. The zero-order valence-electron chi connectivity index (χ0n) is 11.7. The molecule has 0 aliphatic heterocycles. The van der Waals surface area contributed by atoms with Crippen LogP contribution < -0.4 is 5.32 Å². The molecule has 0 bridgehead atoms. The molecule has 106 valence electrons. The highest BCUT2D eigenvalue weighted by atomic mass is 35.5. The zero-order valence-corrected chi connectivity index (χ0v) is 13.2. The summed E-state index contributed by atoms with van der Waals surface area (Å²) in [4.78, 5) is 0. The zero-order chi connectivity index (χ0) is 14.5. The highest BCUT2D eigenvalue weighted by molar-refractivity contribution is 6.42. The average molecular weight is 308 g/mol. The Labute approximate surface area is 130 Å². The van der Waals surface area contributed by atoms with Gasteiger partial charge in [-0.1, -0.05) is 66.5 Å². The van der Waals surface area contributed by atoms with Crippen molar-refractivity contribution in [1.82, 2.24) is 5.32 Å². The fourth-order valence-corrected chi connectivity index (χ4v) is 2.62. The van der Waals surface area contributed by atoms with Gasteiger partial charge in [-0.3, -0.25) is 0 Å². The summed E-state index contributed by atoms with van der Waals surface area (Å²) in [7, 11) is 0. The molecule has 0 heterocycles. The first-order valence-electron chi connectivity index (χ1n) is 6.87. The Balaban J connectivity index is 2.13. The first-order valence-corrected chi connectivity index (χ1v) is 7.63. The Hall–Kier alpha value is -1.02. The molecule has 3 heteroatoms. The third-order valence-corrected chi connectivity index (χ3v) is 4.24. The standard InChI is InChI=1S/C17H19Cl2N/c1-3-17(13-7-5-4-6-8-13)20-12(2)14-9-10-15(18)16(19)11-14/h4-12,17,20H,3H2,1-2H3. The van der Waals surface area contributed by atoms with Crippen LogP contribution >= 0.6 is 23.2 Å². The average Bonchev–Trinajstić information content (AvgIpc) is 2.48. The monoisotopic (exact) mass is 307 g/mol. The molecule has 2 atom stereocenters. The summed E-state index contributed by atoms with van der Waals surface area (Å²) in [5.41, 5.74) is 2.45. The number of hydrogen-bond acceptors (Lipinski definition) is 1. The highest BCUT2D eigenvalue weighted by Gasteiger charge is 2.14. The lowest BCUT2D eigenvalue weighted by Crippen LogP contribution is -2.24. The second kappa shape index (κ2) is 7.12. The van der Waals surface area contributed by atoms with Crippen molar-refractivity contribution < 1.29 is 0 Å². The minimum absolute atomic E-state index is 0.218. The molecule has 0 radical (unpaired) electrons. The van der Waals surface area contributed by atoms with E-state index in [2.05, 4.69) is 43.4 Å². The molecule has 0 spiro atoms. The van der Waals surface area contributed by atoms with Crippen LogP contribution in [0.1, 0.15) is 43.5 Å². The summed E-state index contributed by atoms with van der Waals surface area (Å²) in [6.07, 6.45) is 1.04. The summed E-state index contributed by atoms with van der Waals surface area (Å²) < 4.78 is 0. The van der Waals surface area contributed by atoms with Crippen LogP contribution in [-0.2, 0) is 0 Å². The third-order valence-electron chi connectivity index (χ3n) is 3.51. The van der Waals surface area contributed by atoms with Gasteiger partial charge in [0, 0.05) is 12.1 Å². The third kappa shape index (κ3) is 3.76. The molecule has 2 rings (SSSR count). The van der Waals surface area contributed by atoms with E-state index in [-0.39, 0.29) is 6.04 Å². The first kappa shape index (κ1) is 15.4. The SMILES string of the molecule is CCC(NC(C)c1ccc(Cl)c(Cl)c1)c1ccccc1. The van der Waals surface area contributed by atoms with Crippen LogP contribution in [0, 0.1) is 0 Å². The van der Waals surface area contributed by atoms with Crippen molar-refractivity contribution >= 4 is 23.2 Å². The van der Waals surface area contributed by atoms with E-state index in [4.69, 9.17) is 23.2 Å². The maximum atomic E-state index is 6.09. The molecule has 2 unspecified atom stereocenters. The summed E-state index contributed by atoms with van der Waals surface area (Å²) in [5.74, 6) is 0. The predicted molar refractivity (Wildman–Crippen MR) is 87.5 cm³/mol. The van der Waals surface area contributed by atoms with E-state index in [1.54, 1.807) is 0 Å². The molecule has 1 N–H and O–H groups in total. The number of nitrogens with one attached hydrogen (secondary N) is 1. The summed E-state index contributed by atoms with van der Waals surface area (Å²) in [6.45, 7) is 4.33. The normalized spacial score (nSPS) is 14.0. The van der Waals surface area contributed by atoms with E-state index < -0.39 is 0 Å². The van der Waals surface area contributed by atoms with Crippen LogP contribution in [0.3, 0.4) is 0 Å². The van der Waals surface area contributed by atoms with Crippen LogP contribution in [0.25, 0.3) is 0 Å². The van der Waals surface area contributed by atoms with Gasteiger partial charge in [0.2, 0.25) is 0 Å². The van der Waals surface area contributed by atoms with Crippen LogP contribution in [0.4, 0.5) is 0 Å². The lowest BCUT2D eigenvalue weighted by atomic mass is 10.0. The maximum Gasteiger partial charge on any atom is 0.0595 e. The molecule has 0 saturated heterocycles. The van der Waals surface area contributed by atoms with Gasteiger partial charge in [0.15, 0.2) is 0 Å². The second-order valence-corrected chi connectivity index (χ2v) is 5.75. The predicted octanol–water partition coefficient (Wildman–Crippen LogP) is 5.80. The quantitative estimate of drug-likeness (QED) is 0.736. The van der Waals surface area contributed by atoms with Gasteiger partial charge in [-0.2, -0.15) is 0 Å². The molecule has 1 nitrogen and oxygen atoms in total. The maximum absolute atomic E-state index is 6.09. The fourth-order valence-electron chi connectivity index (χ4n) is 2.31. The fraction of sp³-hybridized carbons (Fsp3) is 0.294. The molecule has 20 heavy (non-hydrogen) atoms. The smallest absolute Gasteiger partial charge is 0.0595 e. The van der Waals surface area contributed by atoms with E-state index in [1.165, 1.54) is 5.56 Å². The second-order valence-electron chi connectivity index (χ2n) is 4.93. The Bertz CT molecular complexity index is 554. The molecule has 0 amide bonds. The van der Waals surface area contributed by atoms with Crippen LogP contribution in [-0.4, -0.2) is 0 Å². The largest absolute Gasteiger partial charge is 0.303 e. The van der Waals surface area contributed by atoms with Gasteiger partial charge in [0.05, 0.1) is 10.0 Å². The van der Waals surface area contributed by atoms with Crippen LogP contribution in [0.2, 0.25) is 10.0 Å². The van der Waals surface area contributed by atoms with Crippen molar-refractivity contribution in [3.05, 3.63) is 69.7 Å². The molecule has 0 aliphatic rings. The summed E-state index contributed by atoms with van der Waals surface area (Å²) >= 11 is 12.0. The van der Waals surface area contributed by atoms with Crippen LogP contribution in [0.15, 0.2) is 48.5 Å². The lowest BCUT2D eigenvalue weighted by Gasteiger charge is -2.23. The first-order chi connectivity index (χ1) is 9.61. The minimum Gasteiger partial charge on any atom is -0.303 e. The van der Waals surface area contributed by atoms with Gasteiger partial charge in [-0.05, 0) is 36.6 Å². The molecule has 0 fully saturated rings. The molecule has 0 saturated carbocycles. The van der Waals surface area contributed by atoms with Gasteiger partial charge in [0.1, 0.15) is 0 Å². The van der Waals surface area contributed by atoms with Crippen molar-refractivity contribution in [2.24, 2.45) is 0 Å². The lowest BCUT2D eigenvalue weighted by molar-refractivity contribution is 0.456. The number of benzene rings is 2. The molecular formula is C17H19Cl2N. The van der Waals surface area contributed by atoms with E-state index in [0.717, 1.165) is 12.0 Å². The number of hydrogen-bond donors (Lipinski definition) is 1. The van der Waals surface area contributed by atoms with Crippen molar-refractivity contribution in [3.8, 4) is 0 Å². The van der Waals surface area contributed by atoms with Crippen LogP contribution in [0.5, 0.6) is 0 Å². The van der Waals surface area contributed by atoms with E-state index in [0.29, 0.717) is 16.1 Å². The molecule has 2 aromatic rings. The van der Waals surface area contributed by atoms with Crippen molar-refractivity contribution in [1.29, 1.82) is 0 Å². The van der Waals surface area contributed by atoms with Gasteiger partial charge in [-0.15, -0.1) is 0 Å². The Morgan fingerprint density at radius 1 is 0.950 bits per heavy atom. The summed E-state index contributed by atoms with van der Waals surface area (Å²) in [6, 6.07) is 16.8. The van der Waals surface area contributed by atoms with Gasteiger partial charge in [0.25, 0.3) is 0 Å². The van der Waals surface area contributed by atoms with E-state index in [9.17, 15) is 0 Å². The molecule has 0 aromatic heterocycles. The van der Waals surface area contributed by atoms with Crippen molar-refractivity contribution in [2.45, 2.75) is 32.4 Å². The molecular weight excluding hydrogens is 289 g/mol. The van der Waals surface area contributed by atoms with Gasteiger partial charge < -0.3 is 5.32 Å². The van der Waals surface area contributed by atoms with E-state index >= 15 is 0 Å². The Kier molecular flexibility index (Phi) is 5.47. The van der Waals surface area contributed by atoms with E-state index in [1.807, 2.05) is 24.3 Å². The Morgan fingerprint density at radius 2 is 1.65 bits per heavy atom. The van der Waals surface area contributed by atoms with Crippen molar-refractivity contribution in [3.63, 3.8) is 0 Å². The molecule has 0 aliphatic carbocycles. The number of halogens is 2.